The van der Waals surface area contributed by atoms with Gasteiger partial charge in [-0.3, -0.25) is 14.5 Å². The third kappa shape index (κ3) is 7.20. The fourth-order valence-electron chi connectivity index (χ4n) is 3.22. The van der Waals surface area contributed by atoms with Gasteiger partial charge in [0.1, 0.15) is 5.75 Å². The number of hydrogen-bond acceptors (Lipinski definition) is 6. The van der Waals surface area contributed by atoms with E-state index >= 15 is 0 Å². The number of carbonyl (C=O) groups is 2. The molecular formula is C23H28N4O4. The zero-order valence-electron chi connectivity index (χ0n) is 17.7. The summed E-state index contributed by atoms with van der Waals surface area (Å²) in [5, 5.41) is 6.75. The van der Waals surface area contributed by atoms with Crippen LogP contribution in [-0.4, -0.2) is 62.9 Å². The van der Waals surface area contributed by atoms with E-state index in [0.29, 0.717) is 5.56 Å². The van der Waals surface area contributed by atoms with Crippen LogP contribution in [0.15, 0.2) is 53.6 Å². The minimum atomic E-state index is -0.272. The summed E-state index contributed by atoms with van der Waals surface area (Å²) in [7, 11) is 1.66. The minimum Gasteiger partial charge on any atom is -0.496 e. The van der Waals surface area contributed by atoms with E-state index in [0.717, 1.165) is 49.7 Å². The molecule has 8 nitrogen and oxygen atoms in total. The first-order valence-corrected chi connectivity index (χ1v) is 10.3. The quantitative estimate of drug-likeness (QED) is 0.473. The van der Waals surface area contributed by atoms with Crippen LogP contribution in [0, 0.1) is 0 Å². The van der Waals surface area contributed by atoms with Crippen molar-refractivity contribution in [3.8, 4) is 5.75 Å². The number of morpholine rings is 1. The van der Waals surface area contributed by atoms with Gasteiger partial charge in [0.05, 0.1) is 26.5 Å². The van der Waals surface area contributed by atoms with Gasteiger partial charge in [0.25, 0.3) is 5.91 Å². The van der Waals surface area contributed by atoms with E-state index in [1.54, 1.807) is 37.6 Å². The molecule has 1 heterocycles. The lowest BCUT2D eigenvalue weighted by Crippen LogP contribution is -2.35. The Kier molecular flexibility index (Phi) is 8.57. The number of nitrogens with zero attached hydrogens (tertiary/aromatic N) is 2. The molecule has 1 aliphatic rings. The molecule has 0 aliphatic carbocycles. The van der Waals surface area contributed by atoms with Gasteiger partial charge < -0.3 is 14.8 Å². The second kappa shape index (κ2) is 11.8. The third-order valence-corrected chi connectivity index (χ3v) is 4.88. The summed E-state index contributed by atoms with van der Waals surface area (Å²) in [6.07, 6.45) is 1.74. The standard InChI is InChI=1S/C23H28N4O4/c1-30-21-8-7-18(15-20(21)17-27-11-13-31-14-12-27)16-25-26-22(28)9-10-24-23(29)19-5-3-2-4-6-19/h2-8,15-16H,9-14,17H2,1H3,(H,24,29)(H,26,28). The smallest absolute Gasteiger partial charge is 0.251 e. The Morgan fingerprint density at radius 1 is 1.16 bits per heavy atom. The topological polar surface area (TPSA) is 92.3 Å². The first kappa shape index (κ1) is 22.5. The Morgan fingerprint density at radius 3 is 2.68 bits per heavy atom. The Hall–Kier alpha value is -3.23. The second-order valence-corrected chi connectivity index (χ2v) is 7.12. The number of hydrogen-bond donors (Lipinski definition) is 2. The van der Waals surface area contributed by atoms with Gasteiger partial charge >= 0.3 is 0 Å². The van der Waals surface area contributed by atoms with Crippen molar-refractivity contribution in [2.75, 3.05) is 40.0 Å². The van der Waals surface area contributed by atoms with Crippen LogP contribution in [0.1, 0.15) is 27.9 Å². The minimum absolute atomic E-state index is 0.140. The van der Waals surface area contributed by atoms with E-state index in [9.17, 15) is 9.59 Å². The summed E-state index contributed by atoms with van der Waals surface area (Å²) in [4.78, 5) is 26.2. The van der Waals surface area contributed by atoms with Crippen LogP contribution < -0.4 is 15.5 Å². The average molecular weight is 425 g/mol. The number of benzene rings is 2. The van der Waals surface area contributed by atoms with Crippen LogP contribution in [0.2, 0.25) is 0 Å². The van der Waals surface area contributed by atoms with Gasteiger partial charge in [0.2, 0.25) is 5.91 Å². The molecule has 0 spiro atoms. The molecule has 0 bridgehead atoms. The molecule has 1 fully saturated rings. The molecule has 0 atom stereocenters. The van der Waals surface area contributed by atoms with Crippen molar-refractivity contribution in [3.63, 3.8) is 0 Å². The summed E-state index contributed by atoms with van der Waals surface area (Å²) in [5.74, 6) is 0.344. The number of hydrazone groups is 1. The number of nitrogens with one attached hydrogen (secondary N) is 2. The number of amides is 2. The average Bonchev–Trinajstić information content (AvgIpc) is 2.80. The maximum Gasteiger partial charge on any atom is 0.251 e. The fraction of sp³-hybridized carbons (Fsp3) is 0.348. The number of carbonyl (C=O) groups excluding carboxylic acids is 2. The highest BCUT2D eigenvalue weighted by Crippen LogP contribution is 2.21. The Balaban J connectivity index is 1.46. The van der Waals surface area contributed by atoms with Crippen molar-refractivity contribution in [2.45, 2.75) is 13.0 Å². The molecule has 1 aliphatic heterocycles. The van der Waals surface area contributed by atoms with Crippen molar-refractivity contribution in [1.29, 1.82) is 0 Å². The summed E-state index contributed by atoms with van der Waals surface area (Å²) in [6.45, 7) is 4.25. The third-order valence-electron chi connectivity index (χ3n) is 4.88. The fourth-order valence-corrected chi connectivity index (χ4v) is 3.22. The molecule has 0 aromatic heterocycles. The lowest BCUT2D eigenvalue weighted by molar-refractivity contribution is -0.120. The SMILES string of the molecule is COc1ccc(C=NNC(=O)CCNC(=O)c2ccccc2)cc1CN1CCOCC1. The van der Waals surface area contributed by atoms with Crippen molar-refractivity contribution in [2.24, 2.45) is 5.10 Å². The molecule has 0 saturated carbocycles. The van der Waals surface area contributed by atoms with E-state index in [1.807, 2.05) is 24.3 Å². The molecule has 2 N–H and O–H groups in total. The first-order chi connectivity index (χ1) is 15.2. The maximum atomic E-state index is 12.0. The second-order valence-electron chi connectivity index (χ2n) is 7.12. The predicted molar refractivity (Wildman–Crippen MR) is 118 cm³/mol. The molecule has 2 aromatic rings. The van der Waals surface area contributed by atoms with Crippen LogP contribution in [-0.2, 0) is 16.1 Å². The number of rotatable bonds is 9. The molecule has 8 heteroatoms. The van der Waals surface area contributed by atoms with Crippen LogP contribution >= 0.6 is 0 Å². The first-order valence-electron chi connectivity index (χ1n) is 10.3. The summed E-state index contributed by atoms with van der Waals surface area (Å²) >= 11 is 0. The molecule has 2 aromatic carbocycles. The molecule has 3 rings (SSSR count). The maximum absolute atomic E-state index is 12.0. The van der Waals surface area contributed by atoms with E-state index in [4.69, 9.17) is 9.47 Å². The largest absolute Gasteiger partial charge is 0.496 e. The normalized spacial score (nSPS) is 14.4. The molecule has 164 valence electrons. The van der Waals surface area contributed by atoms with E-state index < -0.39 is 0 Å². The van der Waals surface area contributed by atoms with Gasteiger partial charge in [-0.05, 0) is 35.9 Å². The molecule has 0 radical (unpaired) electrons. The van der Waals surface area contributed by atoms with Crippen LogP contribution in [0.4, 0.5) is 0 Å². The van der Waals surface area contributed by atoms with Crippen molar-refractivity contribution < 1.29 is 19.1 Å². The van der Waals surface area contributed by atoms with Crippen LogP contribution in [0.25, 0.3) is 0 Å². The van der Waals surface area contributed by atoms with Crippen LogP contribution in [0.3, 0.4) is 0 Å². The van der Waals surface area contributed by atoms with Crippen molar-refractivity contribution in [3.05, 3.63) is 65.2 Å². The number of ether oxygens (including phenoxy) is 2. The molecular weight excluding hydrogens is 396 g/mol. The molecule has 2 amide bonds. The van der Waals surface area contributed by atoms with Crippen molar-refractivity contribution in [1.82, 2.24) is 15.6 Å². The predicted octanol–water partition coefficient (Wildman–Crippen LogP) is 1.80. The molecule has 1 saturated heterocycles. The summed E-state index contributed by atoms with van der Waals surface area (Å²) in [5.41, 5.74) is 4.98. The summed E-state index contributed by atoms with van der Waals surface area (Å²) in [6, 6.07) is 14.7. The van der Waals surface area contributed by atoms with E-state index in [-0.39, 0.29) is 24.8 Å². The van der Waals surface area contributed by atoms with Gasteiger partial charge in [0, 0.05) is 43.7 Å². The molecule has 31 heavy (non-hydrogen) atoms. The highest BCUT2D eigenvalue weighted by Gasteiger charge is 2.13. The number of methoxy groups -OCH3 is 1. The zero-order chi connectivity index (χ0) is 21.9. The lowest BCUT2D eigenvalue weighted by atomic mass is 10.1. The van der Waals surface area contributed by atoms with E-state index in [1.165, 1.54) is 0 Å². The van der Waals surface area contributed by atoms with Gasteiger partial charge in [0.15, 0.2) is 0 Å². The lowest BCUT2D eigenvalue weighted by Gasteiger charge is -2.27. The highest BCUT2D eigenvalue weighted by molar-refractivity contribution is 5.94. The van der Waals surface area contributed by atoms with Gasteiger partial charge in [-0.15, -0.1) is 0 Å². The van der Waals surface area contributed by atoms with Gasteiger partial charge in [-0.2, -0.15) is 5.10 Å². The Morgan fingerprint density at radius 2 is 1.94 bits per heavy atom. The van der Waals surface area contributed by atoms with Gasteiger partial charge in [-0.25, -0.2) is 5.43 Å². The highest BCUT2D eigenvalue weighted by atomic mass is 16.5. The van der Waals surface area contributed by atoms with Crippen LogP contribution in [0.5, 0.6) is 5.75 Å². The van der Waals surface area contributed by atoms with Gasteiger partial charge in [-0.1, -0.05) is 18.2 Å². The van der Waals surface area contributed by atoms with E-state index in [2.05, 4.69) is 20.7 Å². The van der Waals surface area contributed by atoms with Crippen molar-refractivity contribution >= 4 is 18.0 Å². The summed E-state index contributed by atoms with van der Waals surface area (Å²) < 4.78 is 10.9. The Labute approximate surface area is 182 Å². The molecule has 0 unspecified atom stereocenters. The zero-order valence-corrected chi connectivity index (χ0v) is 17.7. The monoisotopic (exact) mass is 424 g/mol. The Bertz CT molecular complexity index is 896.